The summed E-state index contributed by atoms with van der Waals surface area (Å²) in [5, 5.41) is 3.59. The highest BCUT2D eigenvalue weighted by molar-refractivity contribution is 7.92. The quantitative estimate of drug-likeness (QED) is 0.272. The maximum absolute atomic E-state index is 14.0. The lowest BCUT2D eigenvalue weighted by Crippen LogP contribution is -2.52. The van der Waals surface area contributed by atoms with Crippen molar-refractivity contribution in [2.45, 2.75) is 64.1 Å². The number of hydrogen-bond donors (Lipinski definition) is 1. The molecule has 0 radical (unpaired) electrons. The third-order valence-corrected chi connectivity index (χ3v) is 9.27. The van der Waals surface area contributed by atoms with Crippen LogP contribution in [-0.2, 0) is 32.6 Å². The smallest absolute Gasteiger partial charge is 0.264 e. The minimum atomic E-state index is -4.12. The highest BCUT2D eigenvalue weighted by Crippen LogP contribution is 2.29. The molecule has 10 heteroatoms. The van der Waals surface area contributed by atoms with Gasteiger partial charge in [-0.25, -0.2) is 8.42 Å². The summed E-state index contributed by atoms with van der Waals surface area (Å²) >= 11 is 12.3. The van der Waals surface area contributed by atoms with Gasteiger partial charge in [-0.1, -0.05) is 79.5 Å². The van der Waals surface area contributed by atoms with Gasteiger partial charge in [-0.05, 0) is 68.1 Å². The molecule has 0 aliphatic rings. The Balaban J connectivity index is 2.06. The van der Waals surface area contributed by atoms with Crippen molar-refractivity contribution >= 4 is 50.7 Å². The van der Waals surface area contributed by atoms with Gasteiger partial charge in [-0.15, -0.1) is 0 Å². The number of halogens is 2. The number of hydrogen-bond acceptors (Lipinski definition) is 4. The van der Waals surface area contributed by atoms with Crippen LogP contribution in [0.3, 0.4) is 0 Å². The predicted octanol–water partition coefficient (Wildman–Crippen LogP) is 6.08. The number of anilines is 1. The Hall–Kier alpha value is -3.07. The van der Waals surface area contributed by atoms with E-state index in [1.165, 1.54) is 17.0 Å². The second-order valence-corrected chi connectivity index (χ2v) is 12.2. The van der Waals surface area contributed by atoms with Crippen molar-refractivity contribution in [1.82, 2.24) is 10.2 Å². The molecule has 0 saturated heterocycles. The van der Waals surface area contributed by atoms with E-state index in [0.29, 0.717) is 27.7 Å². The summed E-state index contributed by atoms with van der Waals surface area (Å²) in [6.07, 6.45) is 1.28. The topological polar surface area (TPSA) is 86.8 Å². The fraction of sp³-hybridized carbons (Fsp3) is 0.333. The molecule has 214 valence electrons. The number of rotatable bonds is 12. The Morgan fingerprint density at radius 1 is 0.900 bits per heavy atom. The van der Waals surface area contributed by atoms with Crippen molar-refractivity contribution in [3.05, 3.63) is 94.0 Å². The average Bonchev–Trinajstić information content (AvgIpc) is 2.96. The second kappa shape index (κ2) is 14.0. The van der Waals surface area contributed by atoms with E-state index in [0.717, 1.165) is 16.3 Å². The van der Waals surface area contributed by atoms with E-state index in [2.05, 4.69) is 5.32 Å². The molecular formula is C30H35Cl2N3O4S. The molecule has 0 aliphatic heterocycles. The van der Waals surface area contributed by atoms with Crippen LogP contribution in [-0.4, -0.2) is 43.8 Å². The molecule has 3 aromatic rings. The number of para-hydroxylation sites is 1. The second-order valence-electron chi connectivity index (χ2n) is 9.57. The van der Waals surface area contributed by atoms with Crippen LogP contribution in [0, 0.1) is 0 Å². The van der Waals surface area contributed by atoms with E-state index >= 15 is 0 Å². The molecule has 3 rings (SSSR count). The first-order valence-corrected chi connectivity index (χ1v) is 15.4. The van der Waals surface area contributed by atoms with Crippen LogP contribution in [0.5, 0.6) is 0 Å². The van der Waals surface area contributed by atoms with E-state index in [4.69, 9.17) is 23.2 Å². The first kappa shape index (κ1) is 31.5. The zero-order valence-corrected chi connectivity index (χ0v) is 25.4. The highest BCUT2D eigenvalue weighted by Gasteiger charge is 2.33. The molecule has 1 N–H and O–H groups in total. The van der Waals surface area contributed by atoms with Crippen LogP contribution in [0.1, 0.15) is 45.2 Å². The van der Waals surface area contributed by atoms with Gasteiger partial charge in [0.25, 0.3) is 10.0 Å². The van der Waals surface area contributed by atoms with Crippen LogP contribution in [0.2, 0.25) is 10.0 Å². The number of nitrogens with zero attached hydrogens (tertiary/aromatic N) is 2. The summed E-state index contributed by atoms with van der Waals surface area (Å²) in [6, 6.07) is 19.1. The molecule has 0 fully saturated rings. The van der Waals surface area contributed by atoms with Crippen LogP contribution in [0.15, 0.2) is 77.7 Å². The van der Waals surface area contributed by atoms with Gasteiger partial charge >= 0.3 is 0 Å². The molecule has 0 bridgehead atoms. The van der Waals surface area contributed by atoms with Crippen molar-refractivity contribution in [2.75, 3.05) is 10.8 Å². The summed E-state index contributed by atoms with van der Waals surface area (Å²) < 4.78 is 29.0. The summed E-state index contributed by atoms with van der Waals surface area (Å²) in [4.78, 5) is 28.6. The molecule has 40 heavy (non-hydrogen) atoms. The standard InChI is InChI=1S/C30H35Cl2N3O4S/c1-5-21(3)33-30(37)22(4)34(19-23-16-17-26(31)27(32)18-23)29(36)20-35(28-15-11-10-12-24(28)6-2)40(38,39)25-13-8-7-9-14-25/h7-18,21-22H,5-6,19-20H2,1-4H3,(H,33,37)/t21-,22-/m0/s1. The fourth-order valence-electron chi connectivity index (χ4n) is 4.17. The van der Waals surface area contributed by atoms with Crippen molar-refractivity contribution < 1.29 is 18.0 Å². The Morgan fingerprint density at radius 3 is 2.17 bits per heavy atom. The van der Waals surface area contributed by atoms with Crippen molar-refractivity contribution in [3.8, 4) is 0 Å². The SMILES string of the molecule is CCc1ccccc1N(CC(=O)N(Cc1ccc(Cl)c(Cl)c1)[C@@H](C)C(=O)N[C@@H](C)CC)S(=O)(=O)c1ccccc1. The normalized spacial score (nSPS) is 12.8. The lowest BCUT2D eigenvalue weighted by Gasteiger charge is -2.33. The number of aryl methyl sites for hydroxylation is 1. The largest absolute Gasteiger partial charge is 0.352 e. The number of carbonyl (C=O) groups is 2. The van der Waals surface area contributed by atoms with Gasteiger partial charge in [0.2, 0.25) is 11.8 Å². The van der Waals surface area contributed by atoms with Crippen molar-refractivity contribution in [3.63, 3.8) is 0 Å². The molecule has 0 aromatic heterocycles. The molecule has 0 heterocycles. The molecule has 7 nitrogen and oxygen atoms in total. The van der Waals surface area contributed by atoms with E-state index in [1.807, 2.05) is 32.9 Å². The molecule has 2 atom stereocenters. The Morgan fingerprint density at radius 2 is 1.55 bits per heavy atom. The van der Waals surface area contributed by atoms with E-state index in [-0.39, 0.29) is 23.4 Å². The first-order chi connectivity index (χ1) is 19.0. The van der Waals surface area contributed by atoms with Crippen LogP contribution < -0.4 is 9.62 Å². The van der Waals surface area contributed by atoms with Gasteiger partial charge in [0, 0.05) is 12.6 Å². The van der Waals surface area contributed by atoms with Crippen LogP contribution in [0.25, 0.3) is 0 Å². The Labute approximate surface area is 247 Å². The number of amides is 2. The van der Waals surface area contributed by atoms with Gasteiger partial charge in [0.05, 0.1) is 20.6 Å². The maximum atomic E-state index is 14.0. The van der Waals surface area contributed by atoms with Crippen molar-refractivity contribution in [1.29, 1.82) is 0 Å². The number of benzene rings is 3. The molecule has 0 aliphatic carbocycles. The minimum Gasteiger partial charge on any atom is -0.352 e. The Bertz CT molecular complexity index is 1430. The zero-order chi connectivity index (χ0) is 29.4. The van der Waals surface area contributed by atoms with Gasteiger partial charge in [-0.3, -0.25) is 13.9 Å². The van der Waals surface area contributed by atoms with E-state index in [1.54, 1.807) is 55.5 Å². The Kier molecular flexibility index (Phi) is 11.0. The summed E-state index contributed by atoms with van der Waals surface area (Å²) in [5.74, 6) is -0.877. The van der Waals surface area contributed by atoms with Gasteiger partial charge in [0.1, 0.15) is 12.6 Å². The molecule has 2 amide bonds. The lowest BCUT2D eigenvalue weighted by atomic mass is 10.1. The lowest BCUT2D eigenvalue weighted by molar-refractivity contribution is -0.139. The third-order valence-electron chi connectivity index (χ3n) is 6.76. The summed E-state index contributed by atoms with van der Waals surface area (Å²) in [5.41, 5.74) is 1.83. The highest BCUT2D eigenvalue weighted by atomic mass is 35.5. The molecule has 0 spiro atoms. The fourth-order valence-corrected chi connectivity index (χ4v) is 5.96. The first-order valence-electron chi connectivity index (χ1n) is 13.2. The minimum absolute atomic E-state index is 0.0272. The van der Waals surface area contributed by atoms with Gasteiger partial charge in [-0.2, -0.15) is 0 Å². The van der Waals surface area contributed by atoms with Gasteiger partial charge in [0.15, 0.2) is 0 Å². The predicted molar refractivity (Wildman–Crippen MR) is 161 cm³/mol. The van der Waals surface area contributed by atoms with Crippen LogP contribution in [0.4, 0.5) is 5.69 Å². The monoisotopic (exact) mass is 603 g/mol. The van der Waals surface area contributed by atoms with Crippen molar-refractivity contribution in [2.24, 2.45) is 0 Å². The molecule has 0 unspecified atom stereocenters. The molecule has 0 saturated carbocycles. The molecule has 3 aromatic carbocycles. The number of nitrogens with one attached hydrogen (secondary N) is 1. The zero-order valence-electron chi connectivity index (χ0n) is 23.1. The maximum Gasteiger partial charge on any atom is 0.264 e. The summed E-state index contributed by atoms with van der Waals surface area (Å²) in [7, 11) is -4.12. The van der Waals surface area contributed by atoms with E-state index < -0.39 is 28.5 Å². The van der Waals surface area contributed by atoms with Crippen LogP contribution >= 0.6 is 23.2 Å². The number of sulfonamides is 1. The molecular weight excluding hydrogens is 569 g/mol. The number of carbonyl (C=O) groups excluding carboxylic acids is 2. The third kappa shape index (κ3) is 7.56. The summed E-state index contributed by atoms with van der Waals surface area (Å²) in [6.45, 7) is 6.91. The van der Waals surface area contributed by atoms with E-state index in [9.17, 15) is 18.0 Å². The van der Waals surface area contributed by atoms with Gasteiger partial charge < -0.3 is 10.2 Å². The average molecular weight is 605 g/mol.